The second kappa shape index (κ2) is 13.1. The van der Waals surface area contributed by atoms with Crippen LogP contribution in [0.5, 0.6) is 11.5 Å². The van der Waals surface area contributed by atoms with E-state index in [2.05, 4.69) is 32.0 Å². The Bertz CT molecular complexity index is 1400. The average Bonchev–Trinajstić information content (AvgIpc) is 3.33. The Morgan fingerprint density at radius 2 is 1.78 bits per heavy atom. The molecule has 1 aromatic heterocycles. The lowest BCUT2D eigenvalue weighted by Gasteiger charge is -2.55. The van der Waals surface area contributed by atoms with Gasteiger partial charge in [0.05, 0.1) is 11.8 Å². The Kier molecular flexibility index (Phi) is 9.29. The number of piperidine rings is 1. The number of benzene rings is 1. The number of ether oxygens (including phenoxy) is 1. The van der Waals surface area contributed by atoms with E-state index in [-0.39, 0.29) is 46.3 Å². The molecule has 46 heavy (non-hydrogen) atoms. The molecule has 2 spiro atoms. The van der Waals surface area contributed by atoms with Crippen LogP contribution in [0.25, 0.3) is 0 Å². The number of anilines is 1. The molecule has 2 aromatic rings. The summed E-state index contributed by atoms with van der Waals surface area (Å²) in [6, 6.07) is 3.99. The van der Waals surface area contributed by atoms with Gasteiger partial charge in [0.25, 0.3) is 5.91 Å². The van der Waals surface area contributed by atoms with E-state index in [1.165, 1.54) is 37.4 Å². The highest BCUT2D eigenvalue weighted by molar-refractivity contribution is 5.97. The third kappa shape index (κ3) is 6.60. The number of rotatable bonds is 9. The van der Waals surface area contributed by atoms with E-state index in [0.29, 0.717) is 23.2 Å². The number of nitrogens with zero attached hydrogens (tertiary/aromatic N) is 5. The van der Waals surface area contributed by atoms with Gasteiger partial charge < -0.3 is 24.8 Å². The maximum absolute atomic E-state index is 14.4. The van der Waals surface area contributed by atoms with Gasteiger partial charge in [-0.3, -0.25) is 9.59 Å². The van der Waals surface area contributed by atoms with Crippen LogP contribution in [0, 0.1) is 23.1 Å². The molecule has 3 saturated heterocycles. The molecular weight excluding hydrogens is 583 g/mol. The number of carbonyl (C=O) groups is 2. The van der Waals surface area contributed by atoms with Gasteiger partial charge in [-0.15, -0.1) is 0 Å². The molecular formula is C36H51FN6O3. The normalized spacial score (nSPS) is 26.1. The van der Waals surface area contributed by atoms with Gasteiger partial charge in [-0.25, -0.2) is 14.4 Å². The van der Waals surface area contributed by atoms with Gasteiger partial charge in [-0.2, -0.15) is 0 Å². The standard InChI is InChI=1S/C36H51FN6O3/c1-6-27-18-36(40-33(27)44)11-9-26(10-12-36)20-41-15-13-35(14-16-41)21-42(22-35)32-31(19-38-23-39-32)46-30-8-7-28(37)17-29(30)34(45)43(24(2)3)25(4)5/h7-8,17,19,23-27H,6,9-16,18,20-22H2,1-5H3,(H,40,44). The molecule has 1 aliphatic carbocycles. The van der Waals surface area contributed by atoms with Gasteiger partial charge in [0, 0.05) is 48.6 Å². The minimum atomic E-state index is -0.483. The van der Waals surface area contributed by atoms with E-state index < -0.39 is 5.82 Å². The molecule has 0 radical (unpaired) electrons. The SMILES string of the molecule is CCC1CC2(CCC(CN3CCC4(CC3)CN(c3ncncc3Oc3ccc(F)cc3C(=O)N(C(C)C)C(C)C)C4)CC2)NC1=O. The van der Waals surface area contributed by atoms with Crippen LogP contribution in [-0.2, 0) is 4.79 Å². The molecule has 1 saturated carbocycles. The number of hydrogen-bond acceptors (Lipinski definition) is 7. The third-order valence-electron chi connectivity index (χ3n) is 11.1. The molecule has 4 fully saturated rings. The zero-order valence-electron chi connectivity index (χ0n) is 28.2. The van der Waals surface area contributed by atoms with Crippen molar-refractivity contribution in [2.24, 2.45) is 17.3 Å². The summed E-state index contributed by atoms with van der Waals surface area (Å²) in [5.41, 5.74) is 0.524. The Morgan fingerprint density at radius 1 is 1.09 bits per heavy atom. The fourth-order valence-electron chi connectivity index (χ4n) is 8.56. The Hall–Kier alpha value is -3.27. The first-order valence-corrected chi connectivity index (χ1v) is 17.4. The number of aromatic nitrogens is 2. The summed E-state index contributed by atoms with van der Waals surface area (Å²) in [5, 5.41) is 3.37. The first kappa shape index (κ1) is 32.7. The second-order valence-electron chi connectivity index (χ2n) is 15.0. The first-order valence-electron chi connectivity index (χ1n) is 17.4. The Morgan fingerprint density at radius 3 is 2.41 bits per heavy atom. The number of hydrogen-bond donors (Lipinski definition) is 1. The van der Waals surface area contributed by atoms with E-state index >= 15 is 0 Å². The molecule has 1 atom stereocenters. The number of halogens is 1. The van der Waals surface area contributed by atoms with Crippen LogP contribution in [0.3, 0.4) is 0 Å². The summed E-state index contributed by atoms with van der Waals surface area (Å²) < 4.78 is 20.7. The predicted octanol–water partition coefficient (Wildman–Crippen LogP) is 6.04. The quantitative estimate of drug-likeness (QED) is 0.360. The van der Waals surface area contributed by atoms with Crippen molar-refractivity contribution in [1.29, 1.82) is 0 Å². The number of likely N-dealkylation sites (tertiary alicyclic amines) is 1. The van der Waals surface area contributed by atoms with Crippen molar-refractivity contribution in [3.05, 3.63) is 42.1 Å². The molecule has 1 unspecified atom stereocenters. The molecule has 3 aliphatic heterocycles. The lowest BCUT2D eigenvalue weighted by atomic mass is 9.71. The third-order valence-corrected chi connectivity index (χ3v) is 11.1. The first-order chi connectivity index (χ1) is 22.0. The molecule has 4 heterocycles. The largest absolute Gasteiger partial charge is 0.451 e. The summed E-state index contributed by atoms with van der Waals surface area (Å²) in [4.78, 5) is 41.3. The minimum absolute atomic E-state index is 0.0486. The van der Waals surface area contributed by atoms with Crippen LogP contribution in [-0.4, -0.2) is 81.9 Å². The lowest BCUT2D eigenvalue weighted by molar-refractivity contribution is -0.123. The fraction of sp³-hybridized carbons (Fsp3) is 0.667. The lowest BCUT2D eigenvalue weighted by Crippen LogP contribution is -2.61. The van der Waals surface area contributed by atoms with Crippen LogP contribution in [0.4, 0.5) is 10.2 Å². The molecule has 1 aromatic carbocycles. The van der Waals surface area contributed by atoms with E-state index in [1.807, 2.05) is 27.7 Å². The van der Waals surface area contributed by atoms with Crippen molar-refractivity contribution < 1.29 is 18.7 Å². The highest BCUT2D eigenvalue weighted by Gasteiger charge is 2.48. The monoisotopic (exact) mass is 634 g/mol. The van der Waals surface area contributed by atoms with E-state index in [4.69, 9.17) is 4.74 Å². The summed E-state index contributed by atoms with van der Waals surface area (Å²) in [6.45, 7) is 15.1. The molecule has 250 valence electrons. The van der Waals surface area contributed by atoms with Gasteiger partial charge in [0.15, 0.2) is 11.6 Å². The highest BCUT2D eigenvalue weighted by Crippen LogP contribution is 2.46. The van der Waals surface area contributed by atoms with Crippen molar-refractivity contribution in [2.45, 2.75) is 104 Å². The van der Waals surface area contributed by atoms with Crippen molar-refractivity contribution in [3.8, 4) is 11.5 Å². The van der Waals surface area contributed by atoms with Crippen molar-refractivity contribution in [3.63, 3.8) is 0 Å². The number of carbonyl (C=O) groups excluding carboxylic acids is 2. The van der Waals surface area contributed by atoms with Crippen LogP contribution >= 0.6 is 0 Å². The van der Waals surface area contributed by atoms with Crippen LogP contribution in [0.1, 0.15) is 96.3 Å². The van der Waals surface area contributed by atoms with E-state index in [0.717, 1.165) is 71.2 Å². The van der Waals surface area contributed by atoms with Gasteiger partial charge >= 0.3 is 0 Å². The summed E-state index contributed by atoms with van der Waals surface area (Å²) >= 11 is 0. The minimum Gasteiger partial charge on any atom is -0.451 e. The van der Waals surface area contributed by atoms with E-state index in [1.54, 1.807) is 11.1 Å². The molecule has 4 aliphatic rings. The van der Waals surface area contributed by atoms with Gasteiger partial charge in [0.1, 0.15) is 17.9 Å². The van der Waals surface area contributed by atoms with Crippen LogP contribution in [0.15, 0.2) is 30.7 Å². The average molecular weight is 635 g/mol. The van der Waals surface area contributed by atoms with Crippen molar-refractivity contribution in [1.82, 2.24) is 25.1 Å². The van der Waals surface area contributed by atoms with Gasteiger partial charge in [-0.1, -0.05) is 6.92 Å². The fourth-order valence-corrected chi connectivity index (χ4v) is 8.56. The maximum atomic E-state index is 14.4. The van der Waals surface area contributed by atoms with Crippen molar-refractivity contribution >= 4 is 17.6 Å². The maximum Gasteiger partial charge on any atom is 0.258 e. The zero-order valence-corrected chi connectivity index (χ0v) is 28.2. The smallest absolute Gasteiger partial charge is 0.258 e. The molecule has 1 N–H and O–H groups in total. The summed E-state index contributed by atoms with van der Waals surface area (Å²) in [5.74, 6) is 1.91. The molecule has 10 heteroatoms. The highest BCUT2D eigenvalue weighted by atomic mass is 19.1. The molecule has 9 nitrogen and oxygen atoms in total. The van der Waals surface area contributed by atoms with Crippen LogP contribution < -0.4 is 15.0 Å². The summed E-state index contributed by atoms with van der Waals surface area (Å²) in [7, 11) is 0. The zero-order chi connectivity index (χ0) is 32.6. The topological polar surface area (TPSA) is 90.9 Å². The summed E-state index contributed by atoms with van der Waals surface area (Å²) in [6.07, 6.45) is 12.1. The molecule has 0 bridgehead atoms. The molecule has 6 rings (SSSR count). The molecule has 2 amide bonds. The van der Waals surface area contributed by atoms with Gasteiger partial charge in [-0.05, 0) is 116 Å². The predicted molar refractivity (Wildman–Crippen MR) is 176 cm³/mol. The Labute approximate surface area is 273 Å². The van der Waals surface area contributed by atoms with Crippen LogP contribution in [0.2, 0.25) is 0 Å². The second-order valence-corrected chi connectivity index (χ2v) is 15.0. The number of amides is 2. The Balaban J connectivity index is 1.04. The van der Waals surface area contributed by atoms with Crippen molar-refractivity contribution in [2.75, 3.05) is 37.6 Å². The van der Waals surface area contributed by atoms with Gasteiger partial charge in [0.2, 0.25) is 5.91 Å². The number of nitrogens with one attached hydrogen (secondary N) is 1. The van der Waals surface area contributed by atoms with E-state index in [9.17, 15) is 14.0 Å².